The smallest absolute Gasteiger partial charge is 0.411 e. The van der Waals surface area contributed by atoms with Crippen LogP contribution in [0.3, 0.4) is 0 Å². The lowest BCUT2D eigenvalue weighted by atomic mass is 10.1. The number of carbonyl (C=O) groups is 2. The number of nitrogens with one attached hydrogen (secondary N) is 2. The molecular formula is C25H28ClN5O4S. The van der Waals surface area contributed by atoms with Crippen molar-refractivity contribution < 1.29 is 19.1 Å². The molecule has 0 unspecified atom stereocenters. The highest BCUT2D eigenvalue weighted by Crippen LogP contribution is 2.30. The standard InChI is InChI=1S/C25H28ClN5O4S/c1-5-10-35-25(33)29-21-14(2)11-16(12-19(21)26)13-28-24(27)30-23(32)20-15(3)36-31-22(20)17-6-8-18(34-4)9-7-17/h6-9,11-12H,5,10,13H2,1-4H3,(H,29,33)(H3,27,28,30,32). The molecule has 11 heteroatoms. The first-order valence-electron chi connectivity index (χ1n) is 11.2. The molecule has 1 heterocycles. The second-order valence-corrected chi connectivity index (χ2v) is 9.26. The topological polar surface area (TPSA) is 128 Å². The molecule has 0 atom stereocenters. The second-order valence-electron chi connectivity index (χ2n) is 7.88. The lowest BCUT2D eigenvalue weighted by Gasteiger charge is -2.13. The van der Waals surface area contributed by atoms with Crippen molar-refractivity contribution in [2.75, 3.05) is 19.0 Å². The van der Waals surface area contributed by atoms with Crippen LogP contribution in [0.4, 0.5) is 10.5 Å². The summed E-state index contributed by atoms with van der Waals surface area (Å²) in [5.74, 6) is 0.183. The van der Waals surface area contributed by atoms with Gasteiger partial charge in [-0.05, 0) is 73.3 Å². The van der Waals surface area contributed by atoms with Gasteiger partial charge in [-0.3, -0.25) is 10.1 Å². The highest BCUT2D eigenvalue weighted by Gasteiger charge is 2.20. The summed E-state index contributed by atoms with van der Waals surface area (Å²) < 4.78 is 14.7. The minimum Gasteiger partial charge on any atom is -0.497 e. The van der Waals surface area contributed by atoms with Crippen molar-refractivity contribution in [1.29, 1.82) is 0 Å². The van der Waals surface area contributed by atoms with Crippen LogP contribution >= 0.6 is 23.1 Å². The molecule has 0 aliphatic heterocycles. The van der Waals surface area contributed by atoms with Gasteiger partial charge in [-0.2, -0.15) is 9.37 Å². The van der Waals surface area contributed by atoms with Gasteiger partial charge in [0.1, 0.15) is 5.75 Å². The van der Waals surface area contributed by atoms with E-state index in [0.717, 1.165) is 28.0 Å². The van der Waals surface area contributed by atoms with Gasteiger partial charge < -0.3 is 20.5 Å². The van der Waals surface area contributed by atoms with E-state index < -0.39 is 12.0 Å². The Hall–Kier alpha value is -3.63. The van der Waals surface area contributed by atoms with E-state index in [0.29, 0.717) is 34.3 Å². The number of aryl methyl sites for hydroxylation is 2. The van der Waals surface area contributed by atoms with E-state index in [-0.39, 0.29) is 12.5 Å². The Morgan fingerprint density at radius 2 is 1.92 bits per heavy atom. The molecule has 190 valence electrons. The fraction of sp³-hybridized carbons (Fsp3) is 0.280. The molecule has 0 bridgehead atoms. The lowest BCUT2D eigenvalue weighted by Crippen LogP contribution is -2.32. The monoisotopic (exact) mass is 529 g/mol. The fourth-order valence-corrected chi connectivity index (χ4v) is 4.41. The van der Waals surface area contributed by atoms with Crippen molar-refractivity contribution in [3.8, 4) is 17.0 Å². The minimum atomic E-state index is -0.560. The molecule has 0 radical (unpaired) electrons. The molecule has 36 heavy (non-hydrogen) atoms. The number of halogens is 1. The first kappa shape index (κ1) is 27.0. The molecule has 2 amide bonds. The summed E-state index contributed by atoms with van der Waals surface area (Å²) in [4.78, 5) is 29.6. The van der Waals surface area contributed by atoms with Gasteiger partial charge in [-0.1, -0.05) is 24.6 Å². The predicted octanol–water partition coefficient (Wildman–Crippen LogP) is 5.29. The third kappa shape index (κ3) is 6.73. The molecule has 0 aliphatic carbocycles. The van der Waals surface area contributed by atoms with E-state index in [1.807, 2.05) is 39.0 Å². The summed E-state index contributed by atoms with van der Waals surface area (Å²) in [5, 5.41) is 5.95. The fourth-order valence-electron chi connectivity index (χ4n) is 3.38. The van der Waals surface area contributed by atoms with Crippen molar-refractivity contribution in [1.82, 2.24) is 9.69 Å². The van der Waals surface area contributed by atoms with Gasteiger partial charge in [-0.25, -0.2) is 4.79 Å². The number of amides is 2. The Labute approximate surface area is 218 Å². The number of guanidine groups is 1. The van der Waals surface area contributed by atoms with Crippen molar-refractivity contribution in [2.45, 2.75) is 33.7 Å². The van der Waals surface area contributed by atoms with Crippen LogP contribution in [0.1, 0.15) is 39.7 Å². The highest BCUT2D eigenvalue weighted by molar-refractivity contribution is 7.06. The number of hydrogen-bond acceptors (Lipinski definition) is 6. The van der Waals surface area contributed by atoms with E-state index in [2.05, 4.69) is 20.0 Å². The first-order valence-corrected chi connectivity index (χ1v) is 12.3. The largest absolute Gasteiger partial charge is 0.497 e. The van der Waals surface area contributed by atoms with E-state index in [4.69, 9.17) is 26.8 Å². The van der Waals surface area contributed by atoms with Crippen LogP contribution in [-0.2, 0) is 11.3 Å². The van der Waals surface area contributed by atoms with Crippen LogP contribution in [-0.4, -0.2) is 36.1 Å². The maximum absolute atomic E-state index is 13.0. The average molecular weight is 530 g/mol. The SMILES string of the molecule is CCCOC(=O)Nc1c(C)cc(CN/C(N)=N\C(=O)c2c(-c3ccc(OC)cc3)nsc2C)cc1Cl. The quantitative estimate of drug-likeness (QED) is 0.267. The zero-order valence-electron chi connectivity index (χ0n) is 20.5. The van der Waals surface area contributed by atoms with Crippen LogP contribution in [0.2, 0.25) is 5.02 Å². The molecule has 3 rings (SSSR count). The van der Waals surface area contributed by atoms with Crippen LogP contribution in [0.25, 0.3) is 11.3 Å². The normalized spacial score (nSPS) is 11.2. The number of carbonyl (C=O) groups excluding carboxylic acids is 2. The number of aliphatic imine (C=N–C) groups is 1. The number of nitrogens with zero attached hydrogens (tertiary/aromatic N) is 2. The summed E-state index contributed by atoms with van der Waals surface area (Å²) in [7, 11) is 1.59. The van der Waals surface area contributed by atoms with Crippen molar-refractivity contribution >= 4 is 46.8 Å². The Morgan fingerprint density at radius 3 is 2.56 bits per heavy atom. The van der Waals surface area contributed by atoms with E-state index >= 15 is 0 Å². The predicted molar refractivity (Wildman–Crippen MR) is 143 cm³/mol. The number of nitrogens with two attached hydrogens (primary N) is 1. The molecule has 0 aliphatic rings. The summed E-state index contributed by atoms with van der Waals surface area (Å²) >= 11 is 7.59. The summed E-state index contributed by atoms with van der Waals surface area (Å²) in [5.41, 5.74) is 9.75. The molecule has 0 fully saturated rings. The average Bonchev–Trinajstić information content (AvgIpc) is 3.25. The Bertz CT molecular complexity index is 1250. The molecule has 0 saturated carbocycles. The Balaban J connectivity index is 1.70. The number of benzene rings is 2. The molecule has 0 saturated heterocycles. The number of rotatable bonds is 8. The van der Waals surface area contributed by atoms with E-state index in [9.17, 15) is 9.59 Å². The maximum Gasteiger partial charge on any atom is 0.411 e. The number of hydrogen-bond donors (Lipinski definition) is 3. The highest BCUT2D eigenvalue weighted by atomic mass is 35.5. The van der Waals surface area contributed by atoms with Crippen molar-refractivity contribution in [2.24, 2.45) is 10.7 Å². The zero-order chi connectivity index (χ0) is 26.2. The second kappa shape index (κ2) is 12.4. The van der Waals surface area contributed by atoms with Gasteiger partial charge >= 0.3 is 6.09 Å². The Morgan fingerprint density at radius 1 is 1.19 bits per heavy atom. The van der Waals surface area contributed by atoms with Crippen LogP contribution in [0, 0.1) is 13.8 Å². The number of aromatic nitrogens is 1. The number of methoxy groups -OCH3 is 1. The van der Waals surface area contributed by atoms with Gasteiger partial charge in [0.15, 0.2) is 5.96 Å². The van der Waals surface area contributed by atoms with Gasteiger partial charge in [0.2, 0.25) is 0 Å². The Kier molecular flexibility index (Phi) is 9.26. The third-order valence-electron chi connectivity index (χ3n) is 5.15. The third-order valence-corrected chi connectivity index (χ3v) is 6.20. The van der Waals surface area contributed by atoms with Gasteiger partial charge in [0.05, 0.1) is 35.7 Å². The summed E-state index contributed by atoms with van der Waals surface area (Å²) in [6, 6.07) is 10.8. The van der Waals surface area contributed by atoms with Gasteiger partial charge in [0, 0.05) is 17.0 Å². The number of ether oxygens (including phenoxy) is 2. The molecule has 1 aromatic heterocycles. The summed E-state index contributed by atoms with van der Waals surface area (Å²) in [6.45, 7) is 6.14. The van der Waals surface area contributed by atoms with Gasteiger partial charge in [-0.15, -0.1) is 0 Å². The molecule has 9 nitrogen and oxygen atoms in total. The van der Waals surface area contributed by atoms with Crippen molar-refractivity contribution in [3.05, 3.63) is 63.0 Å². The lowest BCUT2D eigenvalue weighted by molar-refractivity contribution is 0.100. The van der Waals surface area contributed by atoms with Gasteiger partial charge in [0.25, 0.3) is 5.91 Å². The first-order chi connectivity index (χ1) is 17.2. The van der Waals surface area contributed by atoms with E-state index in [1.54, 1.807) is 25.3 Å². The summed E-state index contributed by atoms with van der Waals surface area (Å²) in [6.07, 6.45) is 0.163. The molecule has 4 N–H and O–H groups in total. The minimum absolute atomic E-state index is 0.0367. The van der Waals surface area contributed by atoms with Crippen LogP contribution in [0.15, 0.2) is 41.4 Å². The maximum atomic E-state index is 13.0. The molecular weight excluding hydrogens is 502 g/mol. The van der Waals surface area contributed by atoms with Crippen LogP contribution < -0.4 is 21.1 Å². The zero-order valence-corrected chi connectivity index (χ0v) is 22.0. The van der Waals surface area contributed by atoms with Crippen LogP contribution in [0.5, 0.6) is 5.75 Å². The number of anilines is 1. The molecule has 3 aromatic rings. The van der Waals surface area contributed by atoms with E-state index in [1.165, 1.54) is 11.5 Å². The van der Waals surface area contributed by atoms with Crippen molar-refractivity contribution in [3.63, 3.8) is 0 Å². The molecule has 0 spiro atoms. The molecule has 2 aromatic carbocycles.